The summed E-state index contributed by atoms with van der Waals surface area (Å²) >= 11 is 0. The Morgan fingerprint density at radius 1 is 1.22 bits per heavy atom. The van der Waals surface area contributed by atoms with Gasteiger partial charge in [-0.25, -0.2) is 0 Å². The van der Waals surface area contributed by atoms with Gasteiger partial charge in [0.15, 0.2) is 0 Å². The maximum absolute atomic E-state index is 12.3. The van der Waals surface area contributed by atoms with Crippen molar-refractivity contribution in [1.82, 2.24) is 5.32 Å². The van der Waals surface area contributed by atoms with Crippen LogP contribution in [0.4, 0.5) is 11.4 Å². The average molecular weight is 311 g/mol. The average Bonchev–Trinajstić information content (AvgIpc) is 2.69. The number of hydrogen-bond acceptors (Lipinski definition) is 5. The van der Waals surface area contributed by atoms with Gasteiger partial charge in [-0.3, -0.25) is 4.79 Å². The van der Waals surface area contributed by atoms with Crippen LogP contribution < -0.4 is 15.1 Å². The summed E-state index contributed by atoms with van der Waals surface area (Å²) in [6.07, 6.45) is -0.223. The van der Waals surface area contributed by atoms with E-state index in [1.165, 1.54) is 6.07 Å². The Bertz CT molecular complexity index is 806. The molecule has 1 unspecified atom stereocenters. The number of nitrogens with zero attached hydrogens (tertiary/aromatic N) is 2. The monoisotopic (exact) mass is 311 g/mol. The van der Waals surface area contributed by atoms with Crippen molar-refractivity contribution >= 4 is 17.3 Å². The van der Waals surface area contributed by atoms with Crippen LogP contribution in [0, 0.1) is 0 Å². The maximum Gasteiger partial charge on any atom is 0.253 e. The summed E-state index contributed by atoms with van der Waals surface area (Å²) in [6.45, 7) is 1.18. The van der Waals surface area contributed by atoms with E-state index in [0.717, 1.165) is 11.4 Å². The highest BCUT2D eigenvalue weighted by atomic mass is 16.3. The maximum atomic E-state index is 12.3. The minimum Gasteiger partial charge on any atom is -0.508 e. The fourth-order valence-corrected chi connectivity index (χ4v) is 3.51. The van der Waals surface area contributed by atoms with E-state index in [0.29, 0.717) is 24.2 Å². The number of hydrogen-bond donors (Lipinski definition) is 3. The lowest BCUT2D eigenvalue weighted by Gasteiger charge is -2.31. The molecule has 2 aliphatic heterocycles. The zero-order chi connectivity index (χ0) is 16.1. The van der Waals surface area contributed by atoms with Gasteiger partial charge < -0.3 is 25.3 Å². The number of anilines is 2. The molecule has 0 aliphatic carbocycles. The standard InChI is InChI=1S/C17H17N3O3/c1-19-13-4-2-3-12-15(13)20(8-7-18-16(12)23)17(19)11-6-5-10(21)9-14(11)22/h2-6,9,17,21-22H,7-8H2,1H3,(H,18,23). The van der Waals surface area contributed by atoms with Gasteiger partial charge in [-0.15, -0.1) is 0 Å². The van der Waals surface area contributed by atoms with Crippen LogP contribution in [0.15, 0.2) is 36.4 Å². The van der Waals surface area contributed by atoms with Gasteiger partial charge in [-0.05, 0) is 24.3 Å². The number of aromatic hydroxyl groups is 2. The van der Waals surface area contributed by atoms with Crippen LogP contribution >= 0.6 is 0 Å². The van der Waals surface area contributed by atoms with E-state index in [2.05, 4.69) is 10.2 Å². The third-order valence-electron chi connectivity index (χ3n) is 4.52. The van der Waals surface area contributed by atoms with Gasteiger partial charge in [0.25, 0.3) is 5.91 Å². The van der Waals surface area contributed by atoms with E-state index in [1.54, 1.807) is 12.1 Å². The molecule has 118 valence electrons. The number of benzene rings is 2. The summed E-state index contributed by atoms with van der Waals surface area (Å²) in [7, 11) is 1.94. The normalized spacial score (nSPS) is 19.3. The number of amides is 1. The number of carbonyl (C=O) groups is 1. The van der Waals surface area contributed by atoms with Gasteiger partial charge in [-0.1, -0.05) is 6.07 Å². The molecule has 0 aromatic heterocycles. The van der Waals surface area contributed by atoms with Crippen LogP contribution in [0.5, 0.6) is 11.5 Å². The van der Waals surface area contributed by atoms with Gasteiger partial charge in [0.05, 0.1) is 16.9 Å². The molecule has 6 nitrogen and oxygen atoms in total. The number of phenols is 2. The predicted molar refractivity (Wildman–Crippen MR) is 87.0 cm³/mol. The van der Waals surface area contributed by atoms with Crippen molar-refractivity contribution in [3.63, 3.8) is 0 Å². The highest BCUT2D eigenvalue weighted by molar-refractivity contribution is 6.04. The molecule has 2 heterocycles. The Balaban J connectivity index is 1.90. The molecule has 0 saturated carbocycles. The fourth-order valence-electron chi connectivity index (χ4n) is 3.51. The van der Waals surface area contributed by atoms with Crippen molar-refractivity contribution in [1.29, 1.82) is 0 Å². The third kappa shape index (κ3) is 1.91. The molecule has 1 atom stereocenters. The molecule has 23 heavy (non-hydrogen) atoms. The van der Waals surface area contributed by atoms with Crippen LogP contribution in [-0.4, -0.2) is 36.3 Å². The van der Waals surface area contributed by atoms with E-state index in [4.69, 9.17) is 0 Å². The first-order valence-corrected chi connectivity index (χ1v) is 7.50. The zero-order valence-electron chi connectivity index (χ0n) is 12.7. The van der Waals surface area contributed by atoms with Gasteiger partial charge in [0, 0.05) is 31.8 Å². The van der Waals surface area contributed by atoms with Crippen molar-refractivity contribution in [2.45, 2.75) is 6.17 Å². The quantitative estimate of drug-likeness (QED) is 0.749. The smallest absolute Gasteiger partial charge is 0.253 e. The first-order chi connectivity index (χ1) is 11.1. The van der Waals surface area contributed by atoms with Crippen molar-refractivity contribution in [3.05, 3.63) is 47.5 Å². The van der Waals surface area contributed by atoms with Crippen molar-refractivity contribution < 1.29 is 15.0 Å². The van der Waals surface area contributed by atoms with Crippen LogP contribution in [0.2, 0.25) is 0 Å². The van der Waals surface area contributed by atoms with E-state index in [9.17, 15) is 15.0 Å². The van der Waals surface area contributed by atoms with Gasteiger partial charge >= 0.3 is 0 Å². The van der Waals surface area contributed by atoms with Crippen molar-refractivity contribution in [2.75, 3.05) is 29.9 Å². The molecule has 0 saturated heterocycles. The lowest BCUT2D eigenvalue weighted by Crippen LogP contribution is -2.37. The number of nitrogens with one attached hydrogen (secondary N) is 1. The van der Waals surface area contributed by atoms with E-state index in [1.807, 2.05) is 30.1 Å². The second-order valence-corrected chi connectivity index (χ2v) is 5.85. The van der Waals surface area contributed by atoms with E-state index >= 15 is 0 Å². The summed E-state index contributed by atoms with van der Waals surface area (Å²) in [5.74, 6) is -0.00844. The first kappa shape index (κ1) is 13.8. The van der Waals surface area contributed by atoms with Crippen LogP contribution in [0.3, 0.4) is 0 Å². The fraction of sp³-hybridized carbons (Fsp3) is 0.235. The topological polar surface area (TPSA) is 76.0 Å². The van der Waals surface area contributed by atoms with Gasteiger partial charge in [0.1, 0.15) is 17.7 Å². The Morgan fingerprint density at radius 3 is 2.83 bits per heavy atom. The second-order valence-electron chi connectivity index (χ2n) is 5.85. The number of rotatable bonds is 1. The molecule has 4 rings (SSSR count). The number of para-hydroxylation sites is 1. The lowest BCUT2D eigenvalue weighted by atomic mass is 10.1. The molecule has 0 radical (unpaired) electrons. The molecule has 2 aromatic carbocycles. The lowest BCUT2D eigenvalue weighted by molar-refractivity contribution is 0.0958. The zero-order valence-corrected chi connectivity index (χ0v) is 12.7. The molecule has 0 bridgehead atoms. The summed E-state index contributed by atoms with van der Waals surface area (Å²) in [5.41, 5.74) is 3.19. The number of phenolic OH excluding ortho intramolecular Hbond substituents is 2. The van der Waals surface area contributed by atoms with Crippen LogP contribution in [-0.2, 0) is 0 Å². The van der Waals surface area contributed by atoms with E-state index in [-0.39, 0.29) is 23.6 Å². The highest BCUT2D eigenvalue weighted by Crippen LogP contribution is 2.49. The van der Waals surface area contributed by atoms with Crippen LogP contribution in [0.25, 0.3) is 0 Å². The molecular weight excluding hydrogens is 294 g/mol. The molecule has 2 aliphatic rings. The second kappa shape index (κ2) is 4.81. The summed E-state index contributed by atoms with van der Waals surface area (Å²) in [5, 5.41) is 22.7. The predicted octanol–water partition coefficient (Wildman–Crippen LogP) is 1.80. The van der Waals surface area contributed by atoms with Crippen molar-refractivity contribution in [2.24, 2.45) is 0 Å². The summed E-state index contributed by atoms with van der Waals surface area (Å²) in [6, 6.07) is 10.3. The minimum absolute atomic E-state index is 0.0258. The molecule has 0 spiro atoms. The first-order valence-electron chi connectivity index (χ1n) is 7.50. The molecule has 6 heteroatoms. The summed E-state index contributed by atoms with van der Waals surface area (Å²) < 4.78 is 0. The van der Waals surface area contributed by atoms with E-state index < -0.39 is 0 Å². The van der Waals surface area contributed by atoms with Gasteiger partial charge in [0.2, 0.25) is 0 Å². The largest absolute Gasteiger partial charge is 0.508 e. The van der Waals surface area contributed by atoms with Gasteiger partial charge in [-0.2, -0.15) is 0 Å². The van der Waals surface area contributed by atoms with Crippen molar-refractivity contribution in [3.8, 4) is 11.5 Å². The van der Waals surface area contributed by atoms with Crippen LogP contribution in [0.1, 0.15) is 22.1 Å². The molecule has 1 amide bonds. The highest BCUT2D eigenvalue weighted by Gasteiger charge is 2.39. The molecule has 2 aromatic rings. The SMILES string of the molecule is CN1c2cccc3c2N(CCNC3=O)C1c1ccc(O)cc1O. The molecular formula is C17H17N3O3. The minimum atomic E-state index is -0.223. The third-order valence-corrected chi connectivity index (χ3v) is 4.52. The molecule has 3 N–H and O–H groups in total. The summed E-state index contributed by atoms with van der Waals surface area (Å²) in [4.78, 5) is 16.4. The Kier molecular flexibility index (Phi) is 2.87. The Labute approximate surface area is 133 Å². The Morgan fingerprint density at radius 2 is 2.04 bits per heavy atom. The number of carbonyl (C=O) groups excluding carboxylic acids is 1. The molecule has 0 fully saturated rings. The Hall–Kier alpha value is -2.89.